The number of hydrogen-bond acceptors (Lipinski definition) is 0. The molecule has 0 N–H and O–H groups in total. The van der Waals surface area contributed by atoms with Crippen molar-refractivity contribution in [3.05, 3.63) is 12.2 Å². The summed E-state index contributed by atoms with van der Waals surface area (Å²) in [7, 11) is 0. The molecule has 0 spiro atoms. The summed E-state index contributed by atoms with van der Waals surface area (Å²) in [4.78, 5) is 0. The third kappa shape index (κ3) is 1.98. The molecule has 0 aromatic heterocycles. The number of hydrogen-bond donors (Lipinski definition) is 0. The van der Waals surface area contributed by atoms with Gasteiger partial charge in [0.2, 0.25) is 0 Å². The Balaban J connectivity index is 2.90. The monoisotopic (exact) mass is 180 g/mol. The van der Waals surface area contributed by atoms with E-state index in [1.54, 1.807) is 0 Å². The first kappa shape index (κ1) is 10.8. The molecule has 0 fully saturated rings. The average molecular weight is 180 g/mol. The standard InChI is InChI=1S/C13H24/c1-10(2)13(6)8-7-12(4,5)11(3)9-13/h7-8,10-11H,9H2,1-6H3. The molecule has 13 heavy (non-hydrogen) atoms. The Hall–Kier alpha value is -0.260. The summed E-state index contributed by atoms with van der Waals surface area (Å²) in [5, 5.41) is 0. The molecule has 1 aliphatic carbocycles. The Morgan fingerprint density at radius 3 is 2.08 bits per heavy atom. The van der Waals surface area contributed by atoms with E-state index in [1.807, 2.05) is 0 Å². The van der Waals surface area contributed by atoms with Crippen LogP contribution in [-0.2, 0) is 0 Å². The van der Waals surface area contributed by atoms with E-state index in [9.17, 15) is 0 Å². The van der Waals surface area contributed by atoms with Gasteiger partial charge in [0.05, 0.1) is 0 Å². The van der Waals surface area contributed by atoms with E-state index in [2.05, 4.69) is 53.7 Å². The van der Waals surface area contributed by atoms with E-state index in [1.165, 1.54) is 6.42 Å². The second-order valence-corrected chi connectivity index (χ2v) is 5.92. The van der Waals surface area contributed by atoms with Crippen molar-refractivity contribution in [1.29, 1.82) is 0 Å². The molecule has 0 heterocycles. The van der Waals surface area contributed by atoms with Gasteiger partial charge in [-0.3, -0.25) is 0 Å². The lowest BCUT2D eigenvalue weighted by molar-refractivity contribution is 0.149. The van der Waals surface area contributed by atoms with Gasteiger partial charge in [0.25, 0.3) is 0 Å². The highest BCUT2D eigenvalue weighted by molar-refractivity contribution is 5.11. The van der Waals surface area contributed by atoms with Crippen molar-refractivity contribution in [3.8, 4) is 0 Å². The first-order valence-corrected chi connectivity index (χ1v) is 5.48. The molecule has 0 aliphatic heterocycles. The second-order valence-electron chi connectivity index (χ2n) is 5.92. The van der Waals surface area contributed by atoms with Crippen molar-refractivity contribution in [2.24, 2.45) is 22.7 Å². The van der Waals surface area contributed by atoms with Gasteiger partial charge in [-0.25, -0.2) is 0 Å². The molecular weight excluding hydrogens is 156 g/mol. The van der Waals surface area contributed by atoms with Crippen LogP contribution in [0.5, 0.6) is 0 Å². The predicted molar refractivity (Wildman–Crippen MR) is 59.6 cm³/mol. The fourth-order valence-corrected chi connectivity index (χ4v) is 1.99. The molecule has 0 saturated heterocycles. The predicted octanol–water partition coefficient (Wildman–Crippen LogP) is 4.27. The zero-order chi connectivity index (χ0) is 10.3. The van der Waals surface area contributed by atoms with Crippen LogP contribution >= 0.6 is 0 Å². The van der Waals surface area contributed by atoms with Crippen LogP contribution in [0, 0.1) is 22.7 Å². The number of allylic oxidation sites excluding steroid dienone is 2. The highest BCUT2D eigenvalue weighted by atomic mass is 14.4. The summed E-state index contributed by atoms with van der Waals surface area (Å²) >= 11 is 0. The van der Waals surface area contributed by atoms with Crippen LogP contribution in [0.25, 0.3) is 0 Å². The second kappa shape index (κ2) is 3.15. The molecule has 2 atom stereocenters. The minimum Gasteiger partial charge on any atom is -0.0820 e. The minimum absolute atomic E-state index is 0.397. The van der Waals surface area contributed by atoms with Crippen molar-refractivity contribution in [2.75, 3.05) is 0 Å². The minimum atomic E-state index is 0.397. The molecule has 0 radical (unpaired) electrons. The largest absolute Gasteiger partial charge is 0.0820 e. The molecule has 76 valence electrons. The molecule has 0 bridgehead atoms. The SMILES string of the molecule is CC1CC(C)(C(C)C)C=CC1(C)C. The Kier molecular flexibility index (Phi) is 2.62. The highest BCUT2D eigenvalue weighted by Gasteiger charge is 2.37. The summed E-state index contributed by atoms with van der Waals surface area (Å²) < 4.78 is 0. The van der Waals surface area contributed by atoms with E-state index in [4.69, 9.17) is 0 Å². The maximum atomic E-state index is 2.44. The van der Waals surface area contributed by atoms with E-state index >= 15 is 0 Å². The molecule has 0 nitrogen and oxygen atoms in total. The van der Waals surface area contributed by atoms with Gasteiger partial charge in [0, 0.05) is 0 Å². The molecule has 2 unspecified atom stereocenters. The van der Waals surface area contributed by atoms with Gasteiger partial charge in [-0.1, -0.05) is 53.7 Å². The van der Waals surface area contributed by atoms with Crippen molar-refractivity contribution >= 4 is 0 Å². The highest BCUT2D eigenvalue weighted by Crippen LogP contribution is 2.46. The maximum Gasteiger partial charge on any atom is -0.0120 e. The van der Waals surface area contributed by atoms with Gasteiger partial charge in [-0.2, -0.15) is 0 Å². The van der Waals surface area contributed by atoms with Gasteiger partial charge in [0.15, 0.2) is 0 Å². The van der Waals surface area contributed by atoms with Gasteiger partial charge < -0.3 is 0 Å². The molecule has 0 heteroatoms. The van der Waals surface area contributed by atoms with Crippen molar-refractivity contribution in [1.82, 2.24) is 0 Å². The lowest BCUT2D eigenvalue weighted by Gasteiger charge is -2.43. The zero-order valence-corrected chi connectivity index (χ0v) is 10.0. The van der Waals surface area contributed by atoms with Crippen molar-refractivity contribution < 1.29 is 0 Å². The maximum absolute atomic E-state index is 2.44. The zero-order valence-electron chi connectivity index (χ0n) is 10.0. The lowest BCUT2D eigenvalue weighted by atomic mass is 9.62. The van der Waals surface area contributed by atoms with E-state index in [-0.39, 0.29) is 0 Å². The fraction of sp³-hybridized carbons (Fsp3) is 0.846. The fourth-order valence-electron chi connectivity index (χ4n) is 1.99. The van der Waals surface area contributed by atoms with E-state index < -0.39 is 0 Å². The Morgan fingerprint density at radius 1 is 1.15 bits per heavy atom. The molecule has 1 rings (SSSR count). The normalized spacial score (nSPS) is 38.2. The van der Waals surface area contributed by atoms with Crippen LogP contribution in [0.15, 0.2) is 12.2 Å². The molecule has 0 aromatic rings. The summed E-state index contributed by atoms with van der Waals surface area (Å²) in [6.07, 6.45) is 6.19. The van der Waals surface area contributed by atoms with Gasteiger partial charge in [0.1, 0.15) is 0 Å². The first-order valence-electron chi connectivity index (χ1n) is 5.48. The van der Waals surface area contributed by atoms with Crippen molar-refractivity contribution in [3.63, 3.8) is 0 Å². The summed E-state index contributed by atoms with van der Waals surface area (Å²) in [6, 6.07) is 0. The first-order chi connectivity index (χ1) is 5.78. The van der Waals surface area contributed by atoms with Gasteiger partial charge in [-0.15, -0.1) is 0 Å². The molecule has 0 saturated carbocycles. The molecule has 0 amide bonds. The van der Waals surface area contributed by atoms with Gasteiger partial charge in [-0.05, 0) is 29.1 Å². The Morgan fingerprint density at radius 2 is 1.69 bits per heavy atom. The quantitative estimate of drug-likeness (QED) is 0.529. The third-order valence-corrected chi connectivity index (χ3v) is 4.23. The van der Waals surface area contributed by atoms with E-state index in [0.717, 1.165) is 11.8 Å². The van der Waals surface area contributed by atoms with Crippen LogP contribution in [0.1, 0.15) is 48.0 Å². The smallest absolute Gasteiger partial charge is 0.0120 e. The topological polar surface area (TPSA) is 0 Å². The van der Waals surface area contributed by atoms with Crippen LogP contribution in [0.2, 0.25) is 0 Å². The Labute approximate surface area is 83.4 Å². The van der Waals surface area contributed by atoms with Crippen LogP contribution in [0.3, 0.4) is 0 Å². The van der Waals surface area contributed by atoms with E-state index in [0.29, 0.717) is 10.8 Å². The van der Waals surface area contributed by atoms with Gasteiger partial charge >= 0.3 is 0 Å². The lowest BCUT2D eigenvalue weighted by Crippen LogP contribution is -2.34. The molecule has 1 aliphatic rings. The van der Waals surface area contributed by atoms with Crippen molar-refractivity contribution in [2.45, 2.75) is 48.0 Å². The Bertz CT molecular complexity index is 210. The van der Waals surface area contributed by atoms with Crippen LogP contribution in [0.4, 0.5) is 0 Å². The van der Waals surface area contributed by atoms with Crippen LogP contribution in [-0.4, -0.2) is 0 Å². The molecular formula is C13H24. The summed E-state index contributed by atoms with van der Waals surface area (Å²) in [5.74, 6) is 1.55. The van der Waals surface area contributed by atoms with Crippen LogP contribution < -0.4 is 0 Å². The molecule has 0 aromatic carbocycles. The summed E-state index contributed by atoms with van der Waals surface area (Å²) in [5.41, 5.74) is 0.823. The summed E-state index contributed by atoms with van der Waals surface area (Å²) in [6.45, 7) is 14.1. The number of rotatable bonds is 1. The third-order valence-electron chi connectivity index (χ3n) is 4.23. The average Bonchev–Trinajstić information content (AvgIpc) is 1.98.